The fourth-order valence-corrected chi connectivity index (χ4v) is 1.98. The van der Waals surface area contributed by atoms with Gasteiger partial charge >= 0.3 is 0 Å². The van der Waals surface area contributed by atoms with Gasteiger partial charge in [0, 0.05) is 0 Å². The molecule has 1 heterocycles. The van der Waals surface area contributed by atoms with Crippen LogP contribution in [0.1, 0.15) is 41.0 Å². The van der Waals surface area contributed by atoms with Gasteiger partial charge in [0.1, 0.15) is 0 Å². The van der Waals surface area contributed by atoms with Crippen LogP contribution < -0.4 is 5.32 Å². The molecule has 0 bridgehead atoms. The van der Waals surface area contributed by atoms with E-state index in [-0.39, 0.29) is 0 Å². The number of hydrogen-bond acceptors (Lipinski definition) is 1. The van der Waals surface area contributed by atoms with Gasteiger partial charge in [-0.2, -0.15) is 0 Å². The van der Waals surface area contributed by atoms with Crippen LogP contribution in [0.4, 0.5) is 0 Å². The van der Waals surface area contributed by atoms with Crippen molar-refractivity contribution in [2.24, 2.45) is 17.8 Å². The molecule has 0 aromatic carbocycles. The number of nitrogens with one attached hydrogen (secondary N) is 1. The standard InChI is InChI=1S/C9H19N.C2H6/c1-4-8-5-10-6-9(8)7(2)3;1-2/h7-10H,4-6H2,1-3H3;1-2H3. The first-order valence-corrected chi connectivity index (χ1v) is 5.46. The highest BCUT2D eigenvalue weighted by molar-refractivity contribution is 4.81. The van der Waals surface area contributed by atoms with E-state index in [0.29, 0.717) is 0 Å². The molecule has 1 N–H and O–H groups in total. The molecule has 0 aliphatic carbocycles. The SMILES string of the molecule is CC.CCC1CNCC1C(C)C. The Morgan fingerprint density at radius 2 is 1.83 bits per heavy atom. The van der Waals surface area contributed by atoms with Gasteiger partial charge in [-0.25, -0.2) is 0 Å². The van der Waals surface area contributed by atoms with E-state index in [1.165, 1.54) is 19.5 Å². The second kappa shape index (κ2) is 6.47. The third kappa shape index (κ3) is 3.14. The highest BCUT2D eigenvalue weighted by Crippen LogP contribution is 2.26. The Morgan fingerprint density at radius 3 is 2.17 bits per heavy atom. The van der Waals surface area contributed by atoms with Gasteiger partial charge in [0.2, 0.25) is 0 Å². The molecule has 2 unspecified atom stereocenters. The molecule has 1 nitrogen and oxygen atoms in total. The van der Waals surface area contributed by atoms with E-state index in [1.807, 2.05) is 13.8 Å². The summed E-state index contributed by atoms with van der Waals surface area (Å²) in [4.78, 5) is 0. The zero-order chi connectivity index (χ0) is 9.56. The molecule has 0 aromatic heterocycles. The van der Waals surface area contributed by atoms with Crippen molar-refractivity contribution >= 4 is 0 Å². The first kappa shape index (κ1) is 12.0. The maximum atomic E-state index is 3.45. The summed E-state index contributed by atoms with van der Waals surface area (Å²) < 4.78 is 0. The molecule has 2 atom stereocenters. The van der Waals surface area contributed by atoms with Crippen LogP contribution in [-0.2, 0) is 0 Å². The molecule has 0 saturated carbocycles. The van der Waals surface area contributed by atoms with Crippen molar-refractivity contribution in [1.29, 1.82) is 0 Å². The van der Waals surface area contributed by atoms with Gasteiger partial charge in [-0.05, 0) is 30.8 Å². The zero-order valence-electron chi connectivity index (χ0n) is 9.35. The second-order valence-electron chi connectivity index (χ2n) is 3.73. The monoisotopic (exact) mass is 171 g/mol. The van der Waals surface area contributed by atoms with E-state index in [9.17, 15) is 0 Å². The lowest BCUT2D eigenvalue weighted by atomic mass is 9.85. The molecule has 1 saturated heterocycles. The van der Waals surface area contributed by atoms with Crippen LogP contribution in [0, 0.1) is 17.8 Å². The maximum Gasteiger partial charge on any atom is -0.00148 e. The van der Waals surface area contributed by atoms with Gasteiger partial charge in [0.05, 0.1) is 0 Å². The average molecular weight is 171 g/mol. The van der Waals surface area contributed by atoms with Crippen molar-refractivity contribution in [3.05, 3.63) is 0 Å². The lowest BCUT2D eigenvalue weighted by Gasteiger charge is -2.20. The molecule has 0 radical (unpaired) electrons. The lowest BCUT2D eigenvalue weighted by Crippen LogP contribution is -2.17. The molecule has 1 heteroatoms. The minimum absolute atomic E-state index is 0.861. The summed E-state index contributed by atoms with van der Waals surface area (Å²) in [6.07, 6.45) is 1.34. The predicted molar refractivity (Wildman–Crippen MR) is 56.3 cm³/mol. The minimum atomic E-state index is 0.861. The Kier molecular flexibility index (Phi) is 6.45. The van der Waals surface area contributed by atoms with Crippen LogP contribution >= 0.6 is 0 Å². The quantitative estimate of drug-likeness (QED) is 0.673. The fourth-order valence-electron chi connectivity index (χ4n) is 1.98. The second-order valence-corrected chi connectivity index (χ2v) is 3.73. The first-order chi connectivity index (χ1) is 5.75. The van der Waals surface area contributed by atoms with Gasteiger partial charge in [-0.15, -0.1) is 0 Å². The fraction of sp³-hybridized carbons (Fsp3) is 1.00. The molecule has 1 fully saturated rings. The Bertz CT molecular complexity index is 99.2. The number of rotatable bonds is 2. The van der Waals surface area contributed by atoms with Crippen molar-refractivity contribution in [1.82, 2.24) is 5.32 Å². The van der Waals surface area contributed by atoms with Gasteiger partial charge in [-0.1, -0.05) is 41.0 Å². The molecule has 0 aromatic rings. The van der Waals surface area contributed by atoms with Crippen molar-refractivity contribution < 1.29 is 0 Å². The van der Waals surface area contributed by atoms with Crippen LogP contribution in [0.25, 0.3) is 0 Å². The average Bonchev–Trinajstić information content (AvgIpc) is 2.55. The van der Waals surface area contributed by atoms with E-state index in [1.54, 1.807) is 0 Å². The van der Waals surface area contributed by atoms with Crippen LogP contribution in [-0.4, -0.2) is 13.1 Å². The normalized spacial score (nSPS) is 28.5. The van der Waals surface area contributed by atoms with Crippen LogP contribution in [0.5, 0.6) is 0 Å². The third-order valence-electron chi connectivity index (χ3n) is 2.77. The Labute approximate surface area is 77.9 Å². The van der Waals surface area contributed by atoms with E-state index in [0.717, 1.165) is 17.8 Å². The molecule has 1 aliphatic heterocycles. The summed E-state index contributed by atoms with van der Waals surface area (Å²) in [5, 5.41) is 3.45. The molecule has 12 heavy (non-hydrogen) atoms. The number of hydrogen-bond donors (Lipinski definition) is 1. The van der Waals surface area contributed by atoms with Gasteiger partial charge in [0.25, 0.3) is 0 Å². The molecule has 1 rings (SSSR count). The maximum absolute atomic E-state index is 3.45. The zero-order valence-corrected chi connectivity index (χ0v) is 9.35. The molecule has 0 spiro atoms. The summed E-state index contributed by atoms with van der Waals surface area (Å²) in [6, 6.07) is 0. The topological polar surface area (TPSA) is 12.0 Å². The minimum Gasteiger partial charge on any atom is -0.316 e. The molecular weight excluding hydrogens is 146 g/mol. The van der Waals surface area contributed by atoms with E-state index >= 15 is 0 Å². The summed E-state index contributed by atoms with van der Waals surface area (Å²) in [5.41, 5.74) is 0. The molecule has 1 aliphatic rings. The van der Waals surface area contributed by atoms with Crippen molar-refractivity contribution in [2.75, 3.05) is 13.1 Å². The van der Waals surface area contributed by atoms with Crippen molar-refractivity contribution in [2.45, 2.75) is 41.0 Å². The van der Waals surface area contributed by atoms with Crippen molar-refractivity contribution in [3.63, 3.8) is 0 Å². The molecular formula is C11H25N. The molecule has 74 valence electrons. The van der Waals surface area contributed by atoms with Gasteiger partial charge in [-0.3, -0.25) is 0 Å². The van der Waals surface area contributed by atoms with Gasteiger partial charge in [0.15, 0.2) is 0 Å². The highest BCUT2D eigenvalue weighted by Gasteiger charge is 2.27. The van der Waals surface area contributed by atoms with Crippen LogP contribution in [0.2, 0.25) is 0 Å². The van der Waals surface area contributed by atoms with Crippen LogP contribution in [0.15, 0.2) is 0 Å². The van der Waals surface area contributed by atoms with Crippen LogP contribution in [0.3, 0.4) is 0 Å². The smallest absolute Gasteiger partial charge is 0.00148 e. The van der Waals surface area contributed by atoms with E-state index < -0.39 is 0 Å². The third-order valence-corrected chi connectivity index (χ3v) is 2.77. The summed E-state index contributed by atoms with van der Waals surface area (Å²) in [6.45, 7) is 13.5. The highest BCUT2D eigenvalue weighted by atomic mass is 14.9. The van der Waals surface area contributed by atoms with E-state index in [2.05, 4.69) is 26.1 Å². The summed E-state index contributed by atoms with van der Waals surface area (Å²) in [7, 11) is 0. The van der Waals surface area contributed by atoms with E-state index in [4.69, 9.17) is 0 Å². The largest absolute Gasteiger partial charge is 0.316 e. The summed E-state index contributed by atoms with van der Waals surface area (Å²) in [5.74, 6) is 2.74. The Balaban J connectivity index is 0.000000561. The van der Waals surface area contributed by atoms with Gasteiger partial charge < -0.3 is 5.32 Å². The summed E-state index contributed by atoms with van der Waals surface area (Å²) >= 11 is 0. The van der Waals surface area contributed by atoms with Crippen molar-refractivity contribution in [3.8, 4) is 0 Å². The first-order valence-electron chi connectivity index (χ1n) is 5.46. The molecule has 0 amide bonds. The predicted octanol–water partition coefficient (Wildman–Crippen LogP) is 2.91. The Hall–Kier alpha value is -0.0400. The Morgan fingerprint density at radius 1 is 1.25 bits per heavy atom. The lowest BCUT2D eigenvalue weighted by molar-refractivity contribution is 0.313.